The molecule has 0 N–H and O–H groups in total. The Balaban J connectivity index is 0.000000261. The SMILES string of the molecule is CC(=O)[O-].ICc1ccccc1. The summed E-state index contributed by atoms with van der Waals surface area (Å²) in [6.45, 7) is 0.972. The molecule has 0 bridgehead atoms. The highest BCUT2D eigenvalue weighted by molar-refractivity contribution is 14.1. The van der Waals surface area contributed by atoms with Gasteiger partial charge in [-0.3, -0.25) is 0 Å². The van der Waals surface area contributed by atoms with Crippen molar-refractivity contribution in [1.29, 1.82) is 0 Å². The van der Waals surface area contributed by atoms with Gasteiger partial charge in [-0.2, -0.15) is 0 Å². The lowest BCUT2D eigenvalue weighted by Crippen LogP contribution is -2.16. The first-order valence-corrected chi connectivity index (χ1v) is 4.97. The van der Waals surface area contributed by atoms with Gasteiger partial charge in [-0.25, -0.2) is 0 Å². The van der Waals surface area contributed by atoms with E-state index in [4.69, 9.17) is 9.90 Å². The highest BCUT2D eigenvalue weighted by atomic mass is 127. The normalized spacial score (nSPS) is 8.17. The summed E-state index contributed by atoms with van der Waals surface area (Å²) in [7, 11) is 0. The minimum atomic E-state index is -1.08. The first-order chi connectivity index (χ1) is 5.66. The predicted molar refractivity (Wildman–Crippen MR) is 54.8 cm³/mol. The van der Waals surface area contributed by atoms with Crippen LogP contribution in [-0.2, 0) is 9.22 Å². The molecule has 0 aliphatic carbocycles. The van der Waals surface area contributed by atoms with E-state index in [0.717, 1.165) is 11.4 Å². The summed E-state index contributed by atoms with van der Waals surface area (Å²) in [5.41, 5.74) is 1.40. The summed E-state index contributed by atoms with van der Waals surface area (Å²) < 4.78 is 1.11. The Hall–Kier alpha value is -0.580. The number of carbonyl (C=O) groups excluding carboxylic acids is 1. The number of hydrogen-bond donors (Lipinski definition) is 0. The molecule has 1 aromatic rings. The fraction of sp³-hybridized carbons (Fsp3) is 0.222. The summed E-state index contributed by atoms with van der Waals surface area (Å²) in [6.07, 6.45) is 0. The average molecular weight is 277 g/mol. The third-order valence-electron chi connectivity index (χ3n) is 0.997. The Kier molecular flexibility index (Phi) is 6.75. The van der Waals surface area contributed by atoms with Crippen molar-refractivity contribution in [2.45, 2.75) is 11.4 Å². The number of carboxylic acid groups (broad SMARTS) is 1. The quantitative estimate of drug-likeness (QED) is 0.574. The molecule has 0 atom stereocenters. The highest BCUT2D eigenvalue weighted by Gasteiger charge is 1.81. The molecule has 0 saturated carbocycles. The Morgan fingerprint density at radius 2 is 1.83 bits per heavy atom. The van der Waals surface area contributed by atoms with E-state index in [1.165, 1.54) is 5.56 Å². The topological polar surface area (TPSA) is 40.1 Å². The van der Waals surface area contributed by atoms with Gasteiger partial charge in [0.15, 0.2) is 0 Å². The maximum atomic E-state index is 8.89. The largest absolute Gasteiger partial charge is 0.550 e. The van der Waals surface area contributed by atoms with Crippen LogP contribution in [0.3, 0.4) is 0 Å². The number of carbonyl (C=O) groups is 1. The monoisotopic (exact) mass is 277 g/mol. The smallest absolute Gasteiger partial charge is 0.0383 e. The minimum Gasteiger partial charge on any atom is -0.550 e. The lowest BCUT2D eigenvalue weighted by atomic mass is 10.2. The van der Waals surface area contributed by atoms with Crippen LogP contribution in [0.25, 0.3) is 0 Å². The van der Waals surface area contributed by atoms with Gasteiger partial charge in [0.25, 0.3) is 0 Å². The third kappa shape index (κ3) is 7.53. The molecule has 0 aliphatic rings. The van der Waals surface area contributed by atoms with E-state index in [-0.39, 0.29) is 0 Å². The van der Waals surface area contributed by atoms with E-state index in [1.54, 1.807) is 0 Å². The van der Waals surface area contributed by atoms with Gasteiger partial charge >= 0.3 is 0 Å². The van der Waals surface area contributed by atoms with Crippen molar-refractivity contribution in [2.24, 2.45) is 0 Å². The molecule has 3 heteroatoms. The average Bonchev–Trinajstić information content (AvgIpc) is 2.05. The number of aliphatic carboxylic acids is 1. The van der Waals surface area contributed by atoms with Crippen LogP contribution in [0.15, 0.2) is 30.3 Å². The molecule has 1 aromatic carbocycles. The zero-order valence-electron chi connectivity index (χ0n) is 6.79. The highest BCUT2D eigenvalue weighted by Crippen LogP contribution is 2.02. The zero-order chi connectivity index (χ0) is 9.40. The van der Waals surface area contributed by atoms with Crippen LogP contribution in [0.2, 0.25) is 0 Å². The standard InChI is InChI=1S/C7H7I.C2H4O2/c8-6-7-4-2-1-3-5-7;1-2(3)4/h1-5H,6H2;1H3,(H,3,4)/p-1. The molecule has 0 unspecified atom stereocenters. The molecule has 0 radical (unpaired) electrons. The van der Waals surface area contributed by atoms with Crippen LogP contribution in [-0.4, -0.2) is 5.97 Å². The van der Waals surface area contributed by atoms with Gasteiger partial charge in [0.05, 0.1) is 0 Å². The second kappa shape index (κ2) is 7.09. The van der Waals surface area contributed by atoms with E-state index in [0.29, 0.717) is 0 Å². The molecular formula is C9H10IO2-. The van der Waals surface area contributed by atoms with E-state index < -0.39 is 5.97 Å². The van der Waals surface area contributed by atoms with Crippen LogP contribution in [0, 0.1) is 0 Å². The van der Waals surface area contributed by atoms with Crippen LogP contribution < -0.4 is 5.11 Å². The molecule has 0 aliphatic heterocycles. The van der Waals surface area contributed by atoms with Gasteiger partial charge in [-0.15, -0.1) is 0 Å². The van der Waals surface area contributed by atoms with Gasteiger partial charge in [0.1, 0.15) is 0 Å². The Labute approximate surface area is 85.7 Å². The first kappa shape index (κ1) is 11.4. The molecule has 0 aromatic heterocycles. The van der Waals surface area contributed by atoms with E-state index in [1.807, 2.05) is 6.07 Å². The Bertz CT molecular complexity index is 217. The second-order valence-electron chi connectivity index (χ2n) is 2.11. The lowest BCUT2D eigenvalue weighted by molar-refractivity contribution is -0.302. The summed E-state index contributed by atoms with van der Waals surface area (Å²) in [5, 5.41) is 8.89. The number of halogens is 1. The lowest BCUT2D eigenvalue weighted by Gasteiger charge is -1.88. The fourth-order valence-electron chi connectivity index (χ4n) is 0.567. The van der Waals surface area contributed by atoms with Crippen molar-refractivity contribution >= 4 is 28.6 Å². The second-order valence-corrected chi connectivity index (χ2v) is 2.87. The molecule has 12 heavy (non-hydrogen) atoms. The molecule has 1 rings (SSSR count). The summed E-state index contributed by atoms with van der Waals surface area (Å²) in [5.74, 6) is -1.08. The molecule has 0 heterocycles. The van der Waals surface area contributed by atoms with Crippen LogP contribution in [0.1, 0.15) is 12.5 Å². The number of alkyl halides is 1. The molecule has 66 valence electrons. The van der Waals surface area contributed by atoms with Gasteiger partial charge in [0.2, 0.25) is 0 Å². The summed E-state index contributed by atoms with van der Waals surface area (Å²) in [4.78, 5) is 8.89. The molecular weight excluding hydrogens is 267 g/mol. The Morgan fingerprint density at radius 1 is 1.42 bits per heavy atom. The minimum absolute atomic E-state index is 0.972. The predicted octanol–water partition coefficient (Wildman–Crippen LogP) is 1.38. The van der Waals surface area contributed by atoms with Crippen LogP contribution >= 0.6 is 22.6 Å². The van der Waals surface area contributed by atoms with Crippen molar-refractivity contribution in [3.63, 3.8) is 0 Å². The van der Waals surface area contributed by atoms with Gasteiger partial charge in [0, 0.05) is 10.4 Å². The van der Waals surface area contributed by atoms with Crippen LogP contribution in [0.4, 0.5) is 0 Å². The van der Waals surface area contributed by atoms with Crippen molar-refractivity contribution in [2.75, 3.05) is 0 Å². The maximum Gasteiger partial charge on any atom is 0.0383 e. The number of carboxylic acids is 1. The summed E-state index contributed by atoms with van der Waals surface area (Å²) >= 11 is 2.35. The molecule has 0 spiro atoms. The summed E-state index contributed by atoms with van der Waals surface area (Å²) in [6, 6.07) is 10.4. The Morgan fingerprint density at radius 3 is 2.08 bits per heavy atom. The number of benzene rings is 1. The van der Waals surface area contributed by atoms with E-state index >= 15 is 0 Å². The van der Waals surface area contributed by atoms with Crippen molar-refractivity contribution < 1.29 is 9.90 Å². The third-order valence-corrected chi connectivity index (χ3v) is 1.88. The molecule has 0 saturated heterocycles. The number of rotatable bonds is 1. The first-order valence-electron chi connectivity index (χ1n) is 3.44. The van der Waals surface area contributed by atoms with E-state index in [9.17, 15) is 0 Å². The number of hydrogen-bond acceptors (Lipinski definition) is 2. The molecule has 2 nitrogen and oxygen atoms in total. The molecule has 0 amide bonds. The fourth-order valence-corrected chi connectivity index (χ4v) is 1.08. The van der Waals surface area contributed by atoms with Crippen molar-refractivity contribution in [3.05, 3.63) is 35.9 Å². The maximum absolute atomic E-state index is 8.89. The van der Waals surface area contributed by atoms with Gasteiger partial charge < -0.3 is 9.90 Å². The van der Waals surface area contributed by atoms with Crippen LogP contribution in [0.5, 0.6) is 0 Å². The van der Waals surface area contributed by atoms with Gasteiger partial charge in [-0.05, 0) is 12.5 Å². The zero-order valence-corrected chi connectivity index (χ0v) is 8.95. The van der Waals surface area contributed by atoms with Crippen molar-refractivity contribution in [3.8, 4) is 0 Å². The van der Waals surface area contributed by atoms with E-state index in [2.05, 4.69) is 46.9 Å². The molecule has 0 fully saturated rings. The van der Waals surface area contributed by atoms with Crippen molar-refractivity contribution in [1.82, 2.24) is 0 Å². The van der Waals surface area contributed by atoms with Gasteiger partial charge in [-0.1, -0.05) is 52.9 Å².